The van der Waals surface area contributed by atoms with Crippen LogP contribution in [0.1, 0.15) is 0 Å². The maximum Gasteiger partial charge on any atom is 0.215 e. The Balaban J connectivity index is 2.51. The number of hydrogen-bond donors (Lipinski definition) is 2. The van der Waals surface area contributed by atoms with E-state index in [9.17, 15) is 0 Å². The molecule has 0 amide bonds. The van der Waals surface area contributed by atoms with Crippen LogP contribution >= 0.6 is 0 Å². The van der Waals surface area contributed by atoms with Crippen molar-refractivity contribution in [3.05, 3.63) is 30.3 Å². The standard InChI is InChI=1S/C13H15N3O2/c1-17-9-5-3-8(4-6-9)13-12(15)10(14)7-11(16-13)18-2/h3-7H,15H2,1-2H3,(H2,14,16). The number of anilines is 2. The summed E-state index contributed by atoms with van der Waals surface area (Å²) in [5, 5.41) is 0. The molecule has 0 saturated heterocycles. The quantitative estimate of drug-likeness (QED) is 0.863. The Hall–Kier alpha value is -2.43. The van der Waals surface area contributed by atoms with Gasteiger partial charge in [0.05, 0.1) is 31.3 Å². The van der Waals surface area contributed by atoms with Crippen molar-refractivity contribution in [1.82, 2.24) is 4.98 Å². The van der Waals surface area contributed by atoms with Gasteiger partial charge in [-0.1, -0.05) is 0 Å². The molecule has 0 aliphatic heterocycles. The Labute approximate surface area is 105 Å². The van der Waals surface area contributed by atoms with E-state index in [4.69, 9.17) is 20.9 Å². The molecule has 0 bridgehead atoms. The molecule has 1 aromatic heterocycles. The van der Waals surface area contributed by atoms with Gasteiger partial charge in [0.1, 0.15) is 5.75 Å². The first-order valence-corrected chi connectivity index (χ1v) is 5.40. The molecule has 4 N–H and O–H groups in total. The van der Waals surface area contributed by atoms with E-state index in [0.29, 0.717) is 22.9 Å². The summed E-state index contributed by atoms with van der Waals surface area (Å²) < 4.78 is 10.2. The number of aromatic nitrogens is 1. The van der Waals surface area contributed by atoms with Gasteiger partial charge in [-0.05, 0) is 24.3 Å². The van der Waals surface area contributed by atoms with Gasteiger partial charge < -0.3 is 20.9 Å². The molecule has 94 valence electrons. The summed E-state index contributed by atoms with van der Waals surface area (Å²) in [7, 11) is 3.15. The summed E-state index contributed by atoms with van der Waals surface area (Å²) in [6, 6.07) is 9.02. The van der Waals surface area contributed by atoms with Crippen LogP contribution in [0.4, 0.5) is 11.4 Å². The van der Waals surface area contributed by atoms with E-state index in [1.165, 1.54) is 7.11 Å². The highest BCUT2D eigenvalue weighted by Gasteiger charge is 2.10. The van der Waals surface area contributed by atoms with Gasteiger partial charge in [0, 0.05) is 11.6 Å². The Bertz CT molecular complexity index is 553. The molecule has 0 aliphatic carbocycles. The maximum absolute atomic E-state index is 5.93. The van der Waals surface area contributed by atoms with Crippen LogP contribution in [0, 0.1) is 0 Å². The summed E-state index contributed by atoms with van der Waals surface area (Å²) in [6.45, 7) is 0. The fourth-order valence-corrected chi connectivity index (χ4v) is 1.62. The highest BCUT2D eigenvalue weighted by atomic mass is 16.5. The Morgan fingerprint density at radius 3 is 2.22 bits per heavy atom. The van der Waals surface area contributed by atoms with E-state index >= 15 is 0 Å². The molecule has 0 saturated carbocycles. The first kappa shape index (κ1) is 12.0. The minimum absolute atomic E-state index is 0.438. The van der Waals surface area contributed by atoms with E-state index < -0.39 is 0 Å². The molecule has 0 radical (unpaired) electrons. The van der Waals surface area contributed by atoms with Crippen LogP contribution in [0.25, 0.3) is 11.3 Å². The molecule has 0 aliphatic rings. The molecule has 0 unspecified atom stereocenters. The Morgan fingerprint density at radius 1 is 1.00 bits per heavy atom. The average molecular weight is 245 g/mol. The zero-order valence-electron chi connectivity index (χ0n) is 10.3. The van der Waals surface area contributed by atoms with Crippen LogP contribution in [0.15, 0.2) is 30.3 Å². The van der Waals surface area contributed by atoms with Gasteiger partial charge in [-0.2, -0.15) is 0 Å². The third-order valence-corrected chi connectivity index (χ3v) is 2.64. The summed E-state index contributed by atoms with van der Waals surface area (Å²) in [5.74, 6) is 1.21. The monoisotopic (exact) mass is 245 g/mol. The molecule has 18 heavy (non-hydrogen) atoms. The van der Waals surface area contributed by atoms with E-state index in [-0.39, 0.29) is 0 Å². The SMILES string of the molecule is COc1ccc(-c2nc(OC)cc(N)c2N)cc1. The lowest BCUT2D eigenvalue weighted by Gasteiger charge is -2.10. The molecule has 0 fully saturated rings. The van der Waals surface area contributed by atoms with Gasteiger partial charge >= 0.3 is 0 Å². The second-order valence-corrected chi connectivity index (χ2v) is 3.74. The molecular formula is C13H15N3O2. The normalized spacial score (nSPS) is 10.1. The smallest absolute Gasteiger partial charge is 0.215 e. The molecule has 0 atom stereocenters. The number of benzene rings is 1. The predicted octanol–water partition coefficient (Wildman–Crippen LogP) is 1.93. The van der Waals surface area contributed by atoms with E-state index in [0.717, 1.165) is 11.3 Å². The van der Waals surface area contributed by atoms with Crippen molar-refractivity contribution in [2.45, 2.75) is 0 Å². The predicted molar refractivity (Wildman–Crippen MR) is 71.6 cm³/mol. The largest absolute Gasteiger partial charge is 0.497 e. The topological polar surface area (TPSA) is 83.4 Å². The number of ether oxygens (including phenoxy) is 2. The highest BCUT2D eigenvalue weighted by molar-refractivity contribution is 5.82. The van der Waals surface area contributed by atoms with Crippen LogP contribution in [-0.4, -0.2) is 19.2 Å². The van der Waals surface area contributed by atoms with Gasteiger partial charge in [0.25, 0.3) is 0 Å². The van der Waals surface area contributed by atoms with Crippen molar-refractivity contribution < 1.29 is 9.47 Å². The number of hydrogen-bond acceptors (Lipinski definition) is 5. The van der Waals surface area contributed by atoms with Gasteiger partial charge in [0.15, 0.2) is 0 Å². The Morgan fingerprint density at radius 2 is 1.67 bits per heavy atom. The number of nitrogens with two attached hydrogens (primary N) is 2. The minimum Gasteiger partial charge on any atom is -0.497 e. The molecule has 5 heteroatoms. The molecule has 1 heterocycles. The third kappa shape index (κ3) is 2.15. The first-order valence-electron chi connectivity index (χ1n) is 5.40. The third-order valence-electron chi connectivity index (χ3n) is 2.64. The Kier molecular flexibility index (Phi) is 3.23. The summed E-state index contributed by atoms with van der Waals surface area (Å²) in [6.07, 6.45) is 0. The van der Waals surface area contributed by atoms with Crippen molar-refractivity contribution in [2.24, 2.45) is 0 Å². The van der Waals surface area contributed by atoms with Gasteiger partial charge in [0.2, 0.25) is 5.88 Å². The highest BCUT2D eigenvalue weighted by Crippen LogP contribution is 2.32. The van der Waals surface area contributed by atoms with Crippen molar-refractivity contribution in [3.8, 4) is 22.9 Å². The lowest BCUT2D eigenvalue weighted by molar-refractivity contribution is 0.399. The number of pyridine rings is 1. The van der Waals surface area contributed by atoms with Gasteiger partial charge in [-0.3, -0.25) is 0 Å². The number of nitrogens with zero attached hydrogens (tertiary/aromatic N) is 1. The summed E-state index contributed by atoms with van der Waals surface area (Å²) in [5.41, 5.74) is 14.1. The summed E-state index contributed by atoms with van der Waals surface area (Å²) in [4.78, 5) is 4.31. The molecule has 1 aromatic carbocycles. The lowest BCUT2D eigenvalue weighted by Crippen LogP contribution is -2.01. The molecule has 2 aromatic rings. The molecular weight excluding hydrogens is 230 g/mol. The minimum atomic E-state index is 0.438. The van der Waals surface area contributed by atoms with Gasteiger partial charge in [-0.15, -0.1) is 0 Å². The number of methoxy groups -OCH3 is 2. The van der Waals surface area contributed by atoms with Crippen molar-refractivity contribution in [2.75, 3.05) is 25.7 Å². The second-order valence-electron chi connectivity index (χ2n) is 3.74. The van der Waals surface area contributed by atoms with Crippen molar-refractivity contribution in [1.29, 1.82) is 0 Å². The van der Waals surface area contributed by atoms with Crippen LogP contribution in [0.5, 0.6) is 11.6 Å². The first-order chi connectivity index (χ1) is 8.65. The van der Waals surface area contributed by atoms with Crippen LogP contribution in [-0.2, 0) is 0 Å². The number of nitrogen functional groups attached to an aromatic ring is 2. The van der Waals surface area contributed by atoms with Crippen molar-refractivity contribution in [3.63, 3.8) is 0 Å². The molecule has 0 spiro atoms. The van der Waals surface area contributed by atoms with E-state index in [1.807, 2.05) is 24.3 Å². The fraction of sp³-hybridized carbons (Fsp3) is 0.154. The van der Waals surface area contributed by atoms with Crippen LogP contribution in [0.3, 0.4) is 0 Å². The zero-order chi connectivity index (χ0) is 13.1. The number of rotatable bonds is 3. The fourth-order valence-electron chi connectivity index (χ4n) is 1.62. The molecule has 5 nitrogen and oxygen atoms in total. The van der Waals surface area contributed by atoms with Crippen molar-refractivity contribution >= 4 is 11.4 Å². The summed E-state index contributed by atoms with van der Waals surface area (Å²) >= 11 is 0. The second kappa shape index (κ2) is 4.83. The van der Waals surface area contributed by atoms with E-state index in [2.05, 4.69) is 4.98 Å². The lowest BCUT2D eigenvalue weighted by atomic mass is 10.1. The molecule has 2 rings (SSSR count). The van der Waals surface area contributed by atoms with Gasteiger partial charge in [-0.25, -0.2) is 4.98 Å². The van der Waals surface area contributed by atoms with E-state index in [1.54, 1.807) is 13.2 Å². The van der Waals surface area contributed by atoms with Crippen LogP contribution < -0.4 is 20.9 Å². The average Bonchev–Trinajstić information content (AvgIpc) is 2.42. The zero-order valence-corrected chi connectivity index (χ0v) is 10.3. The van der Waals surface area contributed by atoms with Crippen LogP contribution in [0.2, 0.25) is 0 Å². The maximum atomic E-state index is 5.93.